The lowest BCUT2D eigenvalue weighted by molar-refractivity contribution is 0.341. The van der Waals surface area contributed by atoms with Gasteiger partial charge in [0.05, 0.1) is 6.61 Å². The maximum absolute atomic E-state index is 5.99. The number of hydrogen-bond acceptors (Lipinski definition) is 2. The van der Waals surface area contributed by atoms with E-state index in [1.54, 1.807) is 0 Å². The summed E-state index contributed by atoms with van der Waals surface area (Å²) in [4.78, 5) is 4.42. The monoisotopic (exact) mass is 240 g/mol. The Hall–Kier alpha value is -2.29. The van der Waals surface area contributed by atoms with E-state index >= 15 is 0 Å². The molecule has 0 fully saturated rings. The van der Waals surface area contributed by atoms with Crippen LogP contribution in [0.2, 0.25) is 0 Å². The Morgan fingerprint density at radius 3 is 2.44 bits per heavy atom. The molecule has 0 atom stereocenters. The second-order valence-corrected chi connectivity index (χ2v) is 3.76. The van der Waals surface area contributed by atoms with Gasteiger partial charge < -0.3 is 10.5 Å². The normalized spacial score (nSPS) is 11.3. The molecule has 0 amide bonds. The number of ether oxygens (including phenoxy) is 1. The van der Waals surface area contributed by atoms with Gasteiger partial charge in [-0.1, -0.05) is 42.5 Å². The molecular weight excluding hydrogens is 224 g/mol. The van der Waals surface area contributed by atoms with Gasteiger partial charge in [-0.3, -0.25) is 0 Å². The average molecular weight is 240 g/mol. The third kappa shape index (κ3) is 2.88. The van der Waals surface area contributed by atoms with E-state index in [1.807, 2.05) is 61.5 Å². The largest absolute Gasteiger partial charge is 0.492 e. The number of nitrogens with two attached hydrogens (primary N) is 1. The average Bonchev–Trinajstić information content (AvgIpc) is 2.42. The van der Waals surface area contributed by atoms with Gasteiger partial charge in [0.15, 0.2) is 0 Å². The van der Waals surface area contributed by atoms with Crippen LogP contribution >= 0.6 is 0 Å². The van der Waals surface area contributed by atoms with E-state index in [4.69, 9.17) is 10.5 Å². The molecule has 2 aromatic rings. The smallest absolute Gasteiger partial charge is 0.144 e. The van der Waals surface area contributed by atoms with Crippen molar-refractivity contribution in [2.75, 3.05) is 6.61 Å². The van der Waals surface area contributed by atoms with Crippen molar-refractivity contribution in [2.45, 2.75) is 6.92 Å². The van der Waals surface area contributed by atoms with Crippen LogP contribution in [0, 0.1) is 0 Å². The Balaban J connectivity index is 2.33. The van der Waals surface area contributed by atoms with E-state index in [2.05, 4.69) is 4.99 Å². The Kier molecular flexibility index (Phi) is 3.97. The molecule has 0 saturated carbocycles. The highest BCUT2D eigenvalue weighted by Gasteiger charge is 2.03. The lowest BCUT2D eigenvalue weighted by Crippen LogP contribution is -2.12. The summed E-state index contributed by atoms with van der Waals surface area (Å²) in [5.41, 5.74) is 7.64. The van der Waals surface area contributed by atoms with Crippen molar-refractivity contribution in [3.05, 3.63) is 60.2 Å². The van der Waals surface area contributed by atoms with Crippen molar-refractivity contribution < 1.29 is 4.74 Å². The van der Waals surface area contributed by atoms with Gasteiger partial charge in [0.1, 0.15) is 17.3 Å². The fourth-order valence-electron chi connectivity index (χ4n) is 1.63. The highest BCUT2D eigenvalue weighted by molar-refractivity contribution is 5.99. The second-order valence-electron chi connectivity index (χ2n) is 3.76. The van der Waals surface area contributed by atoms with Gasteiger partial charge in [-0.25, -0.2) is 4.99 Å². The Labute approximate surface area is 107 Å². The van der Waals surface area contributed by atoms with E-state index in [0.29, 0.717) is 12.4 Å². The van der Waals surface area contributed by atoms with Crippen LogP contribution in [0.5, 0.6) is 5.75 Å². The minimum Gasteiger partial charge on any atom is -0.492 e. The molecule has 0 aliphatic heterocycles. The molecule has 0 aliphatic carbocycles. The van der Waals surface area contributed by atoms with Crippen LogP contribution in [0.25, 0.3) is 0 Å². The lowest BCUT2D eigenvalue weighted by Gasteiger charge is -2.07. The first kappa shape index (κ1) is 12.2. The summed E-state index contributed by atoms with van der Waals surface area (Å²) >= 11 is 0. The quantitative estimate of drug-likeness (QED) is 0.659. The molecule has 0 spiro atoms. The first-order chi connectivity index (χ1) is 8.81. The molecule has 0 aromatic heterocycles. The molecule has 0 saturated heterocycles. The molecule has 0 radical (unpaired) electrons. The molecule has 0 bridgehead atoms. The van der Waals surface area contributed by atoms with Crippen LogP contribution in [0.15, 0.2) is 59.6 Å². The van der Waals surface area contributed by atoms with Crippen molar-refractivity contribution in [1.29, 1.82) is 0 Å². The minimum absolute atomic E-state index is 0.489. The highest BCUT2D eigenvalue weighted by Crippen LogP contribution is 2.27. The molecule has 2 aromatic carbocycles. The molecule has 2 rings (SSSR count). The van der Waals surface area contributed by atoms with Crippen LogP contribution in [0.4, 0.5) is 5.69 Å². The SMILES string of the molecule is CCOc1ccccc1N=C(N)c1ccccc1. The van der Waals surface area contributed by atoms with Crippen molar-refractivity contribution >= 4 is 11.5 Å². The molecular formula is C15H16N2O. The summed E-state index contributed by atoms with van der Waals surface area (Å²) in [5, 5.41) is 0. The zero-order valence-corrected chi connectivity index (χ0v) is 10.3. The number of rotatable bonds is 4. The van der Waals surface area contributed by atoms with Gasteiger partial charge in [-0.15, -0.1) is 0 Å². The van der Waals surface area contributed by atoms with Gasteiger partial charge in [-0.2, -0.15) is 0 Å². The van der Waals surface area contributed by atoms with Crippen molar-refractivity contribution in [3.8, 4) is 5.75 Å². The van der Waals surface area contributed by atoms with Crippen molar-refractivity contribution in [2.24, 2.45) is 10.7 Å². The summed E-state index contributed by atoms with van der Waals surface area (Å²) < 4.78 is 5.51. The lowest BCUT2D eigenvalue weighted by atomic mass is 10.2. The van der Waals surface area contributed by atoms with Gasteiger partial charge >= 0.3 is 0 Å². The number of nitrogens with zero attached hydrogens (tertiary/aromatic N) is 1. The summed E-state index contributed by atoms with van der Waals surface area (Å²) in [7, 11) is 0. The molecule has 0 unspecified atom stereocenters. The summed E-state index contributed by atoms with van der Waals surface area (Å²) in [6, 6.07) is 17.3. The van der Waals surface area contributed by atoms with Gasteiger partial charge in [-0.05, 0) is 19.1 Å². The van der Waals surface area contributed by atoms with Crippen molar-refractivity contribution in [3.63, 3.8) is 0 Å². The third-order valence-corrected chi connectivity index (χ3v) is 2.48. The van der Waals surface area contributed by atoms with E-state index in [1.165, 1.54) is 0 Å². The first-order valence-corrected chi connectivity index (χ1v) is 5.92. The van der Waals surface area contributed by atoms with E-state index < -0.39 is 0 Å². The molecule has 92 valence electrons. The van der Waals surface area contributed by atoms with Crippen LogP contribution in [-0.2, 0) is 0 Å². The number of para-hydroxylation sites is 2. The highest BCUT2D eigenvalue weighted by atomic mass is 16.5. The van der Waals surface area contributed by atoms with Gasteiger partial charge in [0, 0.05) is 5.56 Å². The topological polar surface area (TPSA) is 47.6 Å². The van der Waals surface area contributed by atoms with Crippen LogP contribution in [0.3, 0.4) is 0 Å². The Bertz CT molecular complexity index is 535. The zero-order chi connectivity index (χ0) is 12.8. The number of benzene rings is 2. The Morgan fingerprint density at radius 2 is 1.72 bits per heavy atom. The zero-order valence-electron chi connectivity index (χ0n) is 10.3. The minimum atomic E-state index is 0.489. The maximum atomic E-state index is 5.99. The van der Waals surface area contributed by atoms with Gasteiger partial charge in [0.25, 0.3) is 0 Å². The Morgan fingerprint density at radius 1 is 1.06 bits per heavy atom. The fourth-order valence-corrected chi connectivity index (χ4v) is 1.63. The number of aliphatic imine (C=N–C) groups is 1. The van der Waals surface area contributed by atoms with E-state index in [-0.39, 0.29) is 0 Å². The molecule has 18 heavy (non-hydrogen) atoms. The first-order valence-electron chi connectivity index (χ1n) is 5.92. The standard InChI is InChI=1S/C15H16N2O/c1-2-18-14-11-7-6-10-13(14)17-15(16)12-8-4-3-5-9-12/h3-11H,2H2,1H3,(H2,16,17). The van der Waals surface area contributed by atoms with Crippen LogP contribution in [0.1, 0.15) is 12.5 Å². The van der Waals surface area contributed by atoms with Gasteiger partial charge in [0.2, 0.25) is 0 Å². The molecule has 0 heterocycles. The number of amidine groups is 1. The summed E-state index contributed by atoms with van der Waals surface area (Å²) in [6.07, 6.45) is 0. The second kappa shape index (κ2) is 5.87. The maximum Gasteiger partial charge on any atom is 0.144 e. The van der Waals surface area contributed by atoms with E-state index in [9.17, 15) is 0 Å². The molecule has 2 N–H and O–H groups in total. The number of hydrogen-bond donors (Lipinski definition) is 1. The third-order valence-electron chi connectivity index (χ3n) is 2.48. The summed E-state index contributed by atoms with van der Waals surface area (Å²) in [6.45, 7) is 2.55. The van der Waals surface area contributed by atoms with Crippen molar-refractivity contribution in [1.82, 2.24) is 0 Å². The summed E-state index contributed by atoms with van der Waals surface area (Å²) in [5.74, 6) is 1.24. The van der Waals surface area contributed by atoms with Crippen LogP contribution in [-0.4, -0.2) is 12.4 Å². The molecule has 3 heteroatoms. The van der Waals surface area contributed by atoms with E-state index in [0.717, 1.165) is 17.0 Å². The fraction of sp³-hybridized carbons (Fsp3) is 0.133. The molecule has 0 aliphatic rings. The predicted octanol–water partition coefficient (Wildman–Crippen LogP) is 3.12. The predicted molar refractivity (Wildman–Crippen MR) is 74.4 cm³/mol. The molecule has 3 nitrogen and oxygen atoms in total. The van der Waals surface area contributed by atoms with Crippen LogP contribution < -0.4 is 10.5 Å².